The van der Waals surface area contributed by atoms with Gasteiger partial charge in [0.2, 0.25) is 0 Å². The van der Waals surface area contributed by atoms with Crippen molar-refractivity contribution in [1.82, 2.24) is 0 Å². The number of carbonyl (C=O) groups is 2. The van der Waals surface area contributed by atoms with Gasteiger partial charge in [-0.05, 0) is 75.0 Å². The molecule has 0 bridgehead atoms. The third kappa shape index (κ3) is 10.4. The van der Waals surface area contributed by atoms with Crippen LogP contribution in [-0.2, 0) is 23.8 Å². The fraction of sp³-hybridized carbons (Fsp3) is 0.933. The molecule has 8 nitrogen and oxygen atoms in total. The van der Waals surface area contributed by atoms with Crippen molar-refractivity contribution in [1.29, 1.82) is 0 Å². The second-order valence-electron chi connectivity index (χ2n) is 12.5. The average molecular weight is 540 g/mol. The van der Waals surface area contributed by atoms with Crippen molar-refractivity contribution >= 4 is 11.9 Å². The molecule has 1 heterocycles. The first-order valence-corrected chi connectivity index (χ1v) is 15.4. The maximum atomic E-state index is 12.0. The Morgan fingerprint density at radius 3 is 2.26 bits per heavy atom. The molecule has 1 aliphatic heterocycles. The third-order valence-corrected chi connectivity index (χ3v) is 9.37. The predicted octanol–water partition coefficient (Wildman–Crippen LogP) is 3.43. The number of rotatable bonds is 11. The zero-order chi connectivity index (χ0) is 27.5. The summed E-state index contributed by atoms with van der Waals surface area (Å²) in [6, 6.07) is 0. The van der Waals surface area contributed by atoms with E-state index < -0.39 is 6.10 Å². The fourth-order valence-corrected chi connectivity index (χ4v) is 7.48. The smallest absolute Gasteiger partial charge is 0.302 e. The number of aliphatic hydroxyl groups is 1. The minimum atomic E-state index is -0.449. The molecule has 0 amide bonds. The molecule has 8 heteroatoms. The number of ether oxygens (including phenoxy) is 3. The quantitative estimate of drug-likeness (QED) is 0.344. The molecule has 38 heavy (non-hydrogen) atoms. The molecule has 6 unspecified atom stereocenters. The van der Waals surface area contributed by atoms with E-state index in [0.717, 1.165) is 77.2 Å². The lowest BCUT2D eigenvalue weighted by molar-refractivity contribution is -0.699. The minimum Gasteiger partial charge on any atom is -0.462 e. The van der Waals surface area contributed by atoms with Crippen LogP contribution in [0.4, 0.5) is 0 Å². The van der Waals surface area contributed by atoms with Crippen molar-refractivity contribution < 1.29 is 34.2 Å². The van der Waals surface area contributed by atoms with Crippen molar-refractivity contribution in [3.8, 4) is 0 Å². The van der Waals surface area contributed by atoms with Gasteiger partial charge in [0.25, 0.3) is 0 Å². The van der Waals surface area contributed by atoms with Gasteiger partial charge in [0.15, 0.2) is 0 Å². The second-order valence-corrected chi connectivity index (χ2v) is 12.5. The van der Waals surface area contributed by atoms with Gasteiger partial charge in [-0.1, -0.05) is 32.1 Å². The van der Waals surface area contributed by atoms with Crippen LogP contribution in [0.1, 0.15) is 110 Å². The standard InChI is InChI=1S/C30H54N2O6/c1-20(33)37-26(19-27(38-21(2)34)24-9-7-5-4-6-8-10-24)12-11-22-15-25(30(35)28(17-22)36-3)16-23-13-14-32-29(31)18-23/h22-30,32,35H,4-19,31H2,1-3H3/p+1/t22?,23?,25?,26-,27-,28?,29?,30?/m1/s1. The third-order valence-electron chi connectivity index (χ3n) is 9.37. The Morgan fingerprint density at radius 2 is 1.63 bits per heavy atom. The molecule has 0 aromatic heterocycles. The van der Waals surface area contributed by atoms with Gasteiger partial charge in [-0.15, -0.1) is 0 Å². The molecule has 3 aliphatic rings. The summed E-state index contributed by atoms with van der Waals surface area (Å²) in [5.41, 5.74) is 6.19. The number of hydrogen-bond donors (Lipinski definition) is 3. The van der Waals surface area contributed by atoms with Crippen LogP contribution in [0.5, 0.6) is 0 Å². The highest BCUT2D eigenvalue weighted by molar-refractivity contribution is 5.66. The molecule has 2 saturated carbocycles. The molecular weight excluding hydrogens is 484 g/mol. The summed E-state index contributed by atoms with van der Waals surface area (Å²) in [6.07, 6.45) is 14.4. The summed E-state index contributed by atoms with van der Waals surface area (Å²) < 4.78 is 17.4. The number of hydrogen-bond acceptors (Lipinski definition) is 7. The van der Waals surface area contributed by atoms with E-state index in [-0.39, 0.29) is 42.3 Å². The van der Waals surface area contributed by atoms with Crippen LogP contribution in [0.3, 0.4) is 0 Å². The summed E-state index contributed by atoms with van der Waals surface area (Å²) in [6.45, 7) is 4.00. The summed E-state index contributed by atoms with van der Waals surface area (Å²) >= 11 is 0. The van der Waals surface area contributed by atoms with E-state index in [0.29, 0.717) is 24.2 Å². The van der Waals surface area contributed by atoms with Gasteiger partial charge >= 0.3 is 11.9 Å². The van der Waals surface area contributed by atoms with E-state index in [1.165, 1.54) is 33.1 Å². The summed E-state index contributed by atoms with van der Waals surface area (Å²) in [5, 5.41) is 13.3. The van der Waals surface area contributed by atoms with Gasteiger partial charge in [-0.25, -0.2) is 0 Å². The first-order valence-electron chi connectivity index (χ1n) is 15.4. The predicted molar refractivity (Wildman–Crippen MR) is 146 cm³/mol. The molecule has 3 rings (SSSR count). The minimum absolute atomic E-state index is 0.163. The molecule has 5 N–H and O–H groups in total. The van der Waals surface area contributed by atoms with Crippen molar-refractivity contribution in [3.63, 3.8) is 0 Å². The Morgan fingerprint density at radius 1 is 0.947 bits per heavy atom. The van der Waals surface area contributed by atoms with Crippen molar-refractivity contribution in [3.05, 3.63) is 0 Å². The van der Waals surface area contributed by atoms with Crippen LogP contribution in [0.25, 0.3) is 0 Å². The fourth-order valence-electron chi connectivity index (χ4n) is 7.48. The van der Waals surface area contributed by atoms with E-state index in [1.807, 2.05) is 0 Å². The van der Waals surface area contributed by atoms with Crippen LogP contribution in [0, 0.1) is 23.7 Å². The van der Waals surface area contributed by atoms with Crippen LogP contribution in [0.15, 0.2) is 0 Å². The number of carbonyl (C=O) groups excluding carboxylic acids is 2. The molecule has 3 fully saturated rings. The zero-order valence-electron chi connectivity index (χ0n) is 24.2. The lowest BCUT2D eigenvalue weighted by Crippen LogP contribution is -2.94. The second kappa shape index (κ2) is 16.1. The molecule has 0 radical (unpaired) electrons. The van der Waals surface area contributed by atoms with Gasteiger partial charge in [0, 0.05) is 33.8 Å². The summed E-state index contributed by atoms with van der Waals surface area (Å²) in [5.74, 6) is 0.919. The van der Waals surface area contributed by atoms with Crippen molar-refractivity contribution in [2.45, 2.75) is 141 Å². The zero-order valence-corrected chi connectivity index (χ0v) is 24.2. The Bertz CT molecular complexity index is 713. The Kier molecular flexibility index (Phi) is 13.3. The Labute approximate surface area is 230 Å². The van der Waals surface area contributed by atoms with E-state index in [4.69, 9.17) is 19.9 Å². The van der Waals surface area contributed by atoms with E-state index in [9.17, 15) is 14.7 Å². The molecule has 220 valence electrons. The number of piperidine rings is 1. The van der Waals surface area contributed by atoms with E-state index >= 15 is 0 Å². The summed E-state index contributed by atoms with van der Waals surface area (Å²) in [7, 11) is 1.69. The Hall–Kier alpha value is -1.22. The number of quaternary nitrogens is 1. The monoisotopic (exact) mass is 539 g/mol. The largest absolute Gasteiger partial charge is 0.462 e. The normalized spacial score (nSPS) is 33.0. The number of aliphatic hydroxyl groups excluding tert-OH is 1. The highest BCUT2D eigenvalue weighted by atomic mass is 16.6. The van der Waals surface area contributed by atoms with Crippen molar-refractivity contribution in [2.75, 3.05) is 13.7 Å². The molecule has 2 aliphatic carbocycles. The van der Waals surface area contributed by atoms with Crippen LogP contribution in [0.2, 0.25) is 0 Å². The molecule has 0 spiro atoms. The lowest BCUT2D eigenvalue weighted by atomic mass is 9.71. The van der Waals surface area contributed by atoms with Crippen LogP contribution in [-0.4, -0.2) is 61.3 Å². The summed E-state index contributed by atoms with van der Waals surface area (Å²) in [4.78, 5) is 24.0. The van der Waals surface area contributed by atoms with Gasteiger partial charge < -0.3 is 24.6 Å². The SMILES string of the molecule is COC1CC(CC[C@H](C[C@@H](OC(C)=O)C2CCCCCCC2)OC(C)=O)CC(CC2CC[NH2+]C(N)C2)C1O. The number of methoxy groups -OCH3 is 1. The Balaban J connectivity index is 1.62. The first-order chi connectivity index (χ1) is 18.2. The number of nitrogens with two attached hydrogens (primary N) is 2. The first kappa shape index (κ1) is 31.3. The molecule has 8 atom stereocenters. The average Bonchev–Trinajstić information content (AvgIpc) is 2.83. The van der Waals surface area contributed by atoms with Gasteiger partial charge in [0.1, 0.15) is 18.4 Å². The maximum absolute atomic E-state index is 12.0. The maximum Gasteiger partial charge on any atom is 0.302 e. The van der Waals surface area contributed by atoms with Crippen molar-refractivity contribution in [2.24, 2.45) is 29.4 Å². The van der Waals surface area contributed by atoms with Gasteiger partial charge in [-0.3, -0.25) is 15.3 Å². The lowest BCUT2D eigenvalue weighted by Gasteiger charge is -2.41. The molecule has 0 aromatic rings. The van der Waals surface area contributed by atoms with E-state index in [1.54, 1.807) is 7.11 Å². The van der Waals surface area contributed by atoms with Crippen LogP contribution < -0.4 is 11.1 Å². The topological polar surface area (TPSA) is 125 Å². The molecular formula is C30H55N2O6+. The molecule has 1 saturated heterocycles. The molecule has 0 aromatic carbocycles. The van der Waals surface area contributed by atoms with Gasteiger partial charge in [-0.2, -0.15) is 0 Å². The van der Waals surface area contributed by atoms with Crippen LogP contribution >= 0.6 is 0 Å². The van der Waals surface area contributed by atoms with E-state index in [2.05, 4.69) is 5.32 Å². The number of esters is 2. The highest BCUT2D eigenvalue weighted by Gasteiger charge is 2.39. The van der Waals surface area contributed by atoms with Gasteiger partial charge in [0.05, 0.1) is 18.8 Å². The highest BCUT2D eigenvalue weighted by Crippen LogP contribution is 2.39.